The predicted molar refractivity (Wildman–Crippen MR) is 56.5 cm³/mol. The number of amides is 1. The van der Waals surface area contributed by atoms with E-state index in [9.17, 15) is 9.18 Å². The molecule has 0 aliphatic carbocycles. The summed E-state index contributed by atoms with van der Waals surface area (Å²) in [5.41, 5.74) is 10.9. The highest BCUT2D eigenvalue weighted by molar-refractivity contribution is 5.98. The summed E-state index contributed by atoms with van der Waals surface area (Å²) in [4.78, 5) is 14.8. The molecule has 0 radical (unpaired) electrons. The summed E-state index contributed by atoms with van der Waals surface area (Å²) in [6, 6.07) is 2.37. The Morgan fingerprint density at radius 1 is 1.44 bits per heavy atom. The number of rotatable bonds is 2. The molecule has 0 spiro atoms. The van der Waals surface area contributed by atoms with Gasteiger partial charge in [0.25, 0.3) is 5.91 Å². The normalized spacial score (nSPS) is 10.3. The van der Waals surface area contributed by atoms with Crippen LogP contribution in [0.25, 0.3) is 5.69 Å². The summed E-state index contributed by atoms with van der Waals surface area (Å²) < 4.78 is 15.0. The van der Waals surface area contributed by atoms with Gasteiger partial charge in [0, 0.05) is 18.1 Å². The quantitative estimate of drug-likeness (QED) is 0.730. The lowest BCUT2D eigenvalue weighted by Crippen LogP contribution is -2.14. The fraction of sp³-hybridized carbons (Fsp3) is 0. The van der Waals surface area contributed by atoms with Crippen molar-refractivity contribution in [2.45, 2.75) is 0 Å². The van der Waals surface area contributed by atoms with Crippen LogP contribution in [0, 0.1) is 5.82 Å². The van der Waals surface area contributed by atoms with Gasteiger partial charge < -0.3 is 16.0 Å². The number of primary amides is 1. The average Bonchev–Trinajstić information content (AvgIpc) is 2.70. The highest BCUT2D eigenvalue weighted by Gasteiger charge is 2.12. The fourth-order valence-corrected chi connectivity index (χ4v) is 1.39. The topological polar surface area (TPSA) is 86.9 Å². The molecule has 4 N–H and O–H groups in total. The first-order valence-electron chi connectivity index (χ1n) is 4.46. The van der Waals surface area contributed by atoms with Gasteiger partial charge in [-0.05, 0) is 12.1 Å². The van der Waals surface area contributed by atoms with Crippen molar-refractivity contribution in [2.24, 2.45) is 5.73 Å². The number of carbonyl (C=O) groups excluding carboxylic acids is 1. The van der Waals surface area contributed by atoms with Gasteiger partial charge in [0.1, 0.15) is 5.82 Å². The molecule has 0 bridgehead atoms. The van der Waals surface area contributed by atoms with E-state index < -0.39 is 11.7 Å². The molecule has 5 nitrogen and oxygen atoms in total. The zero-order valence-electron chi connectivity index (χ0n) is 8.22. The van der Waals surface area contributed by atoms with Gasteiger partial charge in [0.15, 0.2) is 0 Å². The van der Waals surface area contributed by atoms with E-state index in [0.29, 0.717) is 0 Å². The van der Waals surface area contributed by atoms with Gasteiger partial charge in [0.05, 0.1) is 17.6 Å². The van der Waals surface area contributed by atoms with Gasteiger partial charge in [-0.2, -0.15) is 0 Å². The Morgan fingerprint density at radius 3 is 2.75 bits per heavy atom. The van der Waals surface area contributed by atoms with Crippen LogP contribution in [-0.4, -0.2) is 15.5 Å². The summed E-state index contributed by atoms with van der Waals surface area (Å²) in [5, 5.41) is 0. The van der Waals surface area contributed by atoms with Crippen molar-refractivity contribution < 1.29 is 9.18 Å². The Hall–Kier alpha value is -2.37. The maximum atomic E-state index is 13.6. The van der Waals surface area contributed by atoms with Crippen molar-refractivity contribution in [1.82, 2.24) is 9.55 Å². The van der Waals surface area contributed by atoms with Crippen LogP contribution in [-0.2, 0) is 0 Å². The van der Waals surface area contributed by atoms with Crippen LogP contribution in [0.1, 0.15) is 10.4 Å². The standard InChI is InChI=1S/C10H9FN4O/c11-7-4-8(12)6(10(13)16)3-9(7)15-2-1-14-5-15/h1-5H,12H2,(H2,13,16). The van der Waals surface area contributed by atoms with Crippen LogP contribution in [0.2, 0.25) is 0 Å². The Morgan fingerprint density at radius 2 is 2.19 bits per heavy atom. The number of nitrogens with zero attached hydrogens (tertiary/aromatic N) is 2. The van der Waals surface area contributed by atoms with Crippen molar-refractivity contribution >= 4 is 11.6 Å². The van der Waals surface area contributed by atoms with Gasteiger partial charge in [0.2, 0.25) is 0 Å². The van der Waals surface area contributed by atoms with E-state index in [1.807, 2.05) is 0 Å². The van der Waals surface area contributed by atoms with Crippen molar-refractivity contribution in [2.75, 3.05) is 5.73 Å². The summed E-state index contributed by atoms with van der Waals surface area (Å²) in [7, 11) is 0. The monoisotopic (exact) mass is 220 g/mol. The van der Waals surface area contributed by atoms with E-state index in [1.54, 1.807) is 6.20 Å². The zero-order chi connectivity index (χ0) is 11.7. The van der Waals surface area contributed by atoms with E-state index in [2.05, 4.69) is 4.98 Å². The van der Waals surface area contributed by atoms with Gasteiger partial charge >= 0.3 is 0 Å². The highest BCUT2D eigenvalue weighted by Crippen LogP contribution is 2.20. The fourth-order valence-electron chi connectivity index (χ4n) is 1.39. The first-order chi connectivity index (χ1) is 7.59. The number of imidazole rings is 1. The molecule has 0 saturated carbocycles. The maximum absolute atomic E-state index is 13.6. The lowest BCUT2D eigenvalue weighted by molar-refractivity contribution is 0.100. The minimum atomic E-state index is -0.695. The highest BCUT2D eigenvalue weighted by atomic mass is 19.1. The third kappa shape index (κ3) is 1.60. The number of aromatic nitrogens is 2. The van der Waals surface area contributed by atoms with Crippen LogP contribution in [0.5, 0.6) is 0 Å². The first kappa shape index (κ1) is 10.2. The number of anilines is 1. The van der Waals surface area contributed by atoms with E-state index in [4.69, 9.17) is 11.5 Å². The van der Waals surface area contributed by atoms with Crippen LogP contribution >= 0.6 is 0 Å². The smallest absolute Gasteiger partial charge is 0.250 e. The van der Waals surface area contributed by atoms with E-state index in [1.165, 1.54) is 23.2 Å². The van der Waals surface area contributed by atoms with Crippen molar-refractivity contribution in [1.29, 1.82) is 0 Å². The van der Waals surface area contributed by atoms with Crippen molar-refractivity contribution in [3.8, 4) is 5.69 Å². The van der Waals surface area contributed by atoms with Crippen LogP contribution in [0.3, 0.4) is 0 Å². The molecule has 1 aromatic heterocycles. The number of nitrogens with two attached hydrogens (primary N) is 2. The third-order valence-corrected chi connectivity index (χ3v) is 2.17. The summed E-state index contributed by atoms with van der Waals surface area (Å²) in [6.07, 6.45) is 4.47. The molecule has 16 heavy (non-hydrogen) atoms. The zero-order valence-corrected chi connectivity index (χ0v) is 8.22. The maximum Gasteiger partial charge on any atom is 0.250 e. The third-order valence-electron chi connectivity index (χ3n) is 2.17. The molecule has 82 valence electrons. The number of halogens is 1. The minimum absolute atomic E-state index is 0.0221. The summed E-state index contributed by atoms with van der Waals surface area (Å²) >= 11 is 0. The Bertz CT molecular complexity index is 536. The van der Waals surface area contributed by atoms with Crippen molar-refractivity contribution in [3.05, 3.63) is 42.2 Å². The van der Waals surface area contributed by atoms with Crippen LogP contribution in [0.15, 0.2) is 30.9 Å². The molecule has 0 aliphatic heterocycles. The molecule has 2 aromatic rings. The Balaban J connectivity index is 2.63. The lowest BCUT2D eigenvalue weighted by atomic mass is 10.1. The Kier molecular flexibility index (Phi) is 2.32. The van der Waals surface area contributed by atoms with Crippen LogP contribution < -0.4 is 11.5 Å². The molecule has 0 aliphatic rings. The number of benzene rings is 1. The van der Waals surface area contributed by atoms with Gasteiger partial charge in [-0.3, -0.25) is 4.79 Å². The first-order valence-corrected chi connectivity index (χ1v) is 4.46. The molecule has 1 aromatic carbocycles. The number of hydrogen-bond acceptors (Lipinski definition) is 3. The van der Waals surface area contributed by atoms with Gasteiger partial charge in [-0.1, -0.05) is 0 Å². The lowest BCUT2D eigenvalue weighted by Gasteiger charge is -2.08. The van der Waals surface area contributed by atoms with Gasteiger partial charge in [-0.15, -0.1) is 0 Å². The molecule has 1 heterocycles. The number of nitrogen functional groups attached to an aromatic ring is 1. The minimum Gasteiger partial charge on any atom is -0.398 e. The van der Waals surface area contributed by atoms with Crippen molar-refractivity contribution in [3.63, 3.8) is 0 Å². The molecular weight excluding hydrogens is 211 g/mol. The second kappa shape index (κ2) is 3.65. The predicted octanol–water partition coefficient (Wildman–Crippen LogP) is 0.693. The number of carbonyl (C=O) groups is 1. The largest absolute Gasteiger partial charge is 0.398 e. The molecule has 2 rings (SSSR count). The molecule has 0 fully saturated rings. The molecular formula is C10H9FN4O. The molecule has 6 heteroatoms. The summed E-state index contributed by atoms with van der Waals surface area (Å²) in [5.74, 6) is -1.24. The van der Waals surface area contributed by atoms with E-state index in [-0.39, 0.29) is 16.9 Å². The molecule has 1 amide bonds. The van der Waals surface area contributed by atoms with Gasteiger partial charge in [-0.25, -0.2) is 9.37 Å². The Labute approximate surface area is 90.5 Å². The second-order valence-electron chi connectivity index (χ2n) is 3.23. The molecule has 0 saturated heterocycles. The van der Waals surface area contributed by atoms with E-state index >= 15 is 0 Å². The molecule has 0 atom stereocenters. The number of hydrogen-bond donors (Lipinski definition) is 2. The average molecular weight is 220 g/mol. The van der Waals surface area contributed by atoms with E-state index in [0.717, 1.165) is 6.07 Å². The second-order valence-corrected chi connectivity index (χ2v) is 3.23. The van der Waals surface area contributed by atoms with Crippen LogP contribution in [0.4, 0.5) is 10.1 Å². The summed E-state index contributed by atoms with van der Waals surface area (Å²) in [6.45, 7) is 0. The molecule has 0 unspecified atom stereocenters. The SMILES string of the molecule is NC(=O)c1cc(-n2ccnc2)c(F)cc1N.